The van der Waals surface area contributed by atoms with E-state index >= 15 is 0 Å². The molecule has 0 unspecified atom stereocenters. The molecule has 0 N–H and O–H groups in total. The predicted molar refractivity (Wildman–Crippen MR) is 91.4 cm³/mol. The summed E-state index contributed by atoms with van der Waals surface area (Å²) in [5, 5.41) is 0. The van der Waals surface area contributed by atoms with E-state index in [4.69, 9.17) is 0 Å². The highest BCUT2D eigenvalue weighted by atomic mass is 15.2. The number of hydrogen-bond donors (Lipinski definition) is 0. The molecule has 116 valence electrons. The largest absolute Gasteiger partial charge is 0.348 e. The van der Waals surface area contributed by atoms with Gasteiger partial charge < -0.3 is 9.47 Å². The summed E-state index contributed by atoms with van der Waals surface area (Å²) in [6.07, 6.45) is 1.89. The predicted octanol–water partition coefficient (Wildman–Crippen LogP) is 3.69. The van der Waals surface area contributed by atoms with Gasteiger partial charge >= 0.3 is 0 Å². The van der Waals surface area contributed by atoms with Crippen molar-refractivity contribution in [2.75, 3.05) is 7.05 Å². The molecule has 2 aromatic heterocycles. The summed E-state index contributed by atoms with van der Waals surface area (Å²) in [5.74, 6) is 0.964. The molecular formula is C18H24N4. The normalized spacial score (nSPS) is 10.6. The number of imidazole rings is 1. The second kappa shape index (κ2) is 6.18. The van der Waals surface area contributed by atoms with Gasteiger partial charge in [0.25, 0.3) is 0 Å². The first-order valence-corrected chi connectivity index (χ1v) is 7.35. The first-order chi connectivity index (χ1) is 10.3. The monoisotopic (exact) mass is 296 g/mol. The van der Waals surface area contributed by atoms with Crippen molar-refractivity contribution in [2.45, 2.75) is 34.2 Å². The van der Waals surface area contributed by atoms with E-state index in [1.54, 1.807) is 0 Å². The first kappa shape index (κ1) is 16.0. The third-order valence-corrected chi connectivity index (χ3v) is 3.88. The Hall–Kier alpha value is -2.36. The zero-order valence-electron chi connectivity index (χ0n) is 14.1. The Morgan fingerprint density at radius 3 is 2.45 bits per heavy atom. The van der Waals surface area contributed by atoms with Crippen LogP contribution in [0.5, 0.6) is 0 Å². The van der Waals surface area contributed by atoms with Crippen LogP contribution in [0.2, 0.25) is 0 Å². The van der Waals surface area contributed by atoms with Crippen LogP contribution in [0.4, 0.5) is 0 Å². The average Bonchev–Trinajstić information content (AvgIpc) is 2.74. The zero-order valence-corrected chi connectivity index (χ0v) is 14.1. The fraction of sp³-hybridized carbons (Fsp3) is 0.333. The van der Waals surface area contributed by atoms with E-state index < -0.39 is 0 Å². The molecule has 2 rings (SSSR count). The van der Waals surface area contributed by atoms with E-state index in [-0.39, 0.29) is 0 Å². The molecule has 0 amide bonds. The molecule has 0 radical (unpaired) electrons. The number of aryl methyl sites for hydroxylation is 3. The lowest BCUT2D eigenvalue weighted by molar-refractivity contribution is 0.588. The van der Waals surface area contributed by atoms with Crippen LogP contribution in [-0.2, 0) is 6.54 Å². The third kappa shape index (κ3) is 3.11. The summed E-state index contributed by atoms with van der Waals surface area (Å²) in [6.45, 7) is 16.9. The lowest BCUT2D eigenvalue weighted by atomic mass is 10.2. The fourth-order valence-electron chi connectivity index (χ4n) is 2.41. The number of aromatic nitrogens is 3. The number of pyridine rings is 1. The van der Waals surface area contributed by atoms with E-state index in [0.29, 0.717) is 6.54 Å². The highest BCUT2D eigenvalue weighted by molar-refractivity contribution is 5.62. The number of nitrogens with zero attached hydrogens (tertiary/aromatic N) is 4. The summed E-state index contributed by atoms with van der Waals surface area (Å²) < 4.78 is 2.16. The van der Waals surface area contributed by atoms with Gasteiger partial charge in [-0.05, 0) is 39.3 Å². The molecule has 2 heterocycles. The topological polar surface area (TPSA) is 34.0 Å². The van der Waals surface area contributed by atoms with Crippen LogP contribution < -0.4 is 0 Å². The Labute approximate surface area is 132 Å². The second-order valence-corrected chi connectivity index (χ2v) is 5.75. The maximum absolute atomic E-state index is 4.61. The van der Waals surface area contributed by atoms with Gasteiger partial charge in [-0.2, -0.15) is 0 Å². The van der Waals surface area contributed by atoms with Crippen molar-refractivity contribution in [3.63, 3.8) is 0 Å². The van der Waals surface area contributed by atoms with Gasteiger partial charge in [-0.25, -0.2) is 4.98 Å². The van der Waals surface area contributed by atoms with Crippen molar-refractivity contribution in [1.82, 2.24) is 19.4 Å². The number of rotatable bonds is 5. The average molecular weight is 296 g/mol. The van der Waals surface area contributed by atoms with Crippen LogP contribution in [0.25, 0.3) is 5.70 Å². The zero-order chi connectivity index (χ0) is 16.4. The maximum Gasteiger partial charge on any atom is 0.106 e. The smallest absolute Gasteiger partial charge is 0.106 e. The van der Waals surface area contributed by atoms with Crippen LogP contribution in [0.3, 0.4) is 0 Å². The Kier molecular flexibility index (Phi) is 4.50. The van der Waals surface area contributed by atoms with E-state index in [0.717, 1.165) is 39.9 Å². The van der Waals surface area contributed by atoms with Crippen LogP contribution >= 0.6 is 0 Å². The van der Waals surface area contributed by atoms with Crippen molar-refractivity contribution >= 4 is 5.70 Å². The van der Waals surface area contributed by atoms with Crippen LogP contribution in [0.15, 0.2) is 37.2 Å². The third-order valence-electron chi connectivity index (χ3n) is 3.88. The van der Waals surface area contributed by atoms with E-state index in [9.17, 15) is 0 Å². The molecule has 0 atom stereocenters. The van der Waals surface area contributed by atoms with Crippen molar-refractivity contribution in [3.05, 3.63) is 65.7 Å². The molecule has 4 heteroatoms. The minimum atomic E-state index is 0.686. The van der Waals surface area contributed by atoms with Gasteiger partial charge in [0.1, 0.15) is 5.82 Å². The molecular weight excluding hydrogens is 272 g/mol. The molecule has 0 bridgehead atoms. The lowest BCUT2D eigenvalue weighted by Crippen LogP contribution is -2.17. The minimum Gasteiger partial charge on any atom is -0.348 e. The van der Waals surface area contributed by atoms with E-state index in [1.165, 1.54) is 0 Å². The summed E-state index contributed by atoms with van der Waals surface area (Å²) in [4.78, 5) is 11.1. The molecule has 4 nitrogen and oxygen atoms in total. The van der Waals surface area contributed by atoms with Crippen LogP contribution in [-0.4, -0.2) is 26.5 Å². The molecule has 0 saturated heterocycles. The van der Waals surface area contributed by atoms with Gasteiger partial charge in [-0.3, -0.25) is 4.98 Å². The Morgan fingerprint density at radius 1 is 1.23 bits per heavy atom. The molecule has 0 aliphatic heterocycles. The molecule has 0 aromatic carbocycles. The highest BCUT2D eigenvalue weighted by Crippen LogP contribution is 2.24. The summed E-state index contributed by atoms with van der Waals surface area (Å²) in [5.41, 5.74) is 6.03. The van der Waals surface area contributed by atoms with Gasteiger partial charge in [0, 0.05) is 18.9 Å². The summed E-state index contributed by atoms with van der Waals surface area (Å²) in [6, 6.07) is 4.13. The van der Waals surface area contributed by atoms with Crippen LogP contribution in [0, 0.1) is 20.8 Å². The first-order valence-electron chi connectivity index (χ1n) is 7.35. The van der Waals surface area contributed by atoms with Gasteiger partial charge in [-0.15, -0.1) is 0 Å². The quantitative estimate of drug-likeness (QED) is 0.844. The standard InChI is InChI=1S/C18H24N4/c1-12(2)21(7)15(5)18-14(4)20-16(6)22(18)11-17-9-8-13(3)10-19-17/h8-10H,1,5,11H2,2-4,6-7H3. The highest BCUT2D eigenvalue weighted by Gasteiger charge is 2.18. The van der Waals surface area contributed by atoms with Crippen molar-refractivity contribution in [3.8, 4) is 0 Å². The molecule has 0 aliphatic rings. The minimum absolute atomic E-state index is 0.686. The maximum atomic E-state index is 4.61. The SMILES string of the molecule is C=C(C)N(C)C(=C)c1c(C)nc(C)n1Cc1ccc(C)cn1. The molecule has 0 fully saturated rings. The van der Waals surface area contributed by atoms with Gasteiger partial charge in [0.2, 0.25) is 0 Å². The number of allylic oxidation sites excluding steroid dienone is 1. The molecule has 0 aliphatic carbocycles. The van der Waals surface area contributed by atoms with Gasteiger partial charge in [0.05, 0.1) is 29.3 Å². The Morgan fingerprint density at radius 2 is 1.91 bits per heavy atom. The van der Waals surface area contributed by atoms with Crippen molar-refractivity contribution < 1.29 is 0 Å². The molecule has 2 aromatic rings. The van der Waals surface area contributed by atoms with Crippen molar-refractivity contribution in [1.29, 1.82) is 0 Å². The summed E-state index contributed by atoms with van der Waals surface area (Å²) >= 11 is 0. The van der Waals surface area contributed by atoms with E-state index in [2.05, 4.69) is 39.8 Å². The second-order valence-electron chi connectivity index (χ2n) is 5.75. The van der Waals surface area contributed by atoms with Crippen LogP contribution in [0.1, 0.15) is 35.4 Å². The Bertz CT molecular complexity index is 707. The fourth-order valence-corrected chi connectivity index (χ4v) is 2.41. The van der Waals surface area contributed by atoms with Gasteiger partial charge in [0.15, 0.2) is 0 Å². The molecule has 22 heavy (non-hydrogen) atoms. The summed E-state index contributed by atoms with van der Waals surface area (Å²) in [7, 11) is 1.97. The number of hydrogen-bond acceptors (Lipinski definition) is 3. The van der Waals surface area contributed by atoms with Gasteiger partial charge in [-0.1, -0.05) is 19.2 Å². The molecule has 0 saturated carbocycles. The molecule has 0 spiro atoms. The van der Waals surface area contributed by atoms with E-state index in [1.807, 2.05) is 45.8 Å². The lowest BCUT2D eigenvalue weighted by Gasteiger charge is -2.23. The van der Waals surface area contributed by atoms with Crippen molar-refractivity contribution in [2.24, 2.45) is 0 Å². The Balaban J connectivity index is 2.41.